The number of carbonyl (C=O) groups excluding carboxylic acids is 3. The van der Waals surface area contributed by atoms with Crippen molar-refractivity contribution in [3.05, 3.63) is 29.3 Å². The molecular formula is C18H20O8. The predicted octanol–water partition coefficient (Wildman–Crippen LogP) is 0.676. The van der Waals surface area contributed by atoms with Gasteiger partial charge in [-0.15, -0.1) is 0 Å². The maximum atomic E-state index is 13.3. The van der Waals surface area contributed by atoms with Gasteiger partial charge in [-0.25, -0.2) is 4.79 Å². The third-order valence-corrected chi connectivity index (χ3v) is 5.45. The minimum absolute atomic E-state index is 0.0245. The zero-order valence-corrected chi connectivity index (χ0v) is 14.6. The Balaban J connectivity index is 2.17. The van der Waals surface area contributed by atoms with Crippen molar-refractivity contribution in [2.24, 2.45) is 5.41 Å². The van der Waals surface area contributed by atoms with Crippen molar-refractivity contribution in [2.75, 3.05) is 14.2 Å². The summed E-state index contributed by atoms with van der Waals surface area (Å²) < 4.78 is 15.1. The molecule has 3 rings (SSSR count). The van der Waals surface area contributed by atoms with E-state index in [-0.39, 0.29) is 29.7 Å². The molecule has 8 nitrogen and oxygen atoms in total. The number of benzene rings is 1. The molecule has 2 aliphatic rings. The summed E-state index contributed by atoms with van der Waals surface area (Å²) in [5.41, 5.74) is -4.20. The number of rotatable bonds is 3. The Morgan fingerprint density at radius 3 is 2.62 bits per heavy atom. The average molecular weight is 364 g/mol. The highest BCUT2D eigenvalue weighted by molar-refractivity contribution is 6.13. The van der Waals surface area contributed by atoms with Crippen LogP contribution in [0.15, 0.2) is 18.2 Å². The van der Waals surface area contributed by atoms with Crippen molar-refractivity contribution in [1.82, 2.24) is 0 Å². The molecule has 1 fully saturated rings. The fraction of sp³-hybridized carbons (Fsp3) is 0.500. The summed E-state index contributed by atoms with van der Waals surface area (Å²) in [6, 6.07) is 4.14. The van der Waals surface area contributed by atoms with Gasteiger partial charge in [-0.3, -0.25) is 9.59 Å². The van der Waals surface area contributed by atoms with Crippen LogP contribution in [0.1, 0.15) is 35.7 Å². The average Bonchev–Trinajstić information content (AvgIpc) is 3.05. The van der Waals surface area contributed by atoms with Crippen LogP contribution in [0.5, 0.6) is 5.75 Å². The smallest absolute Gasteiger partial charge is 0.343 e. The van der Waals surface area contributed by atoms with E-state index in [1.165, 1.54) is 25.3 Å². The highest BCUT2D eigenvalue weighted by Crippen LogP contribution is 2.60. The Bertz CT molecular complexity index is 787. The minimum Gasteiger partial charge on any atom is -0.507 e. The van der Waals surface area contributed by atoms with Crippen molar-refractivity contribution in [3.63, 3.8) is 0 Å². The highest BCUT2D eigenvalue weighted by atomic mass is 16.5. The first kappa shape index (κ1) is 18.3. The summed E-state index contributed by atoms with van der Waals surface area (Å²) >= 11 is 0. The summed E-state index contributed by atoms with van der Waals surface area (Å²) in [4.78, 5) is 37.5. The number of ether oxygens (including phenoxy) is 3. The molecule has 1 saturated heterocycles. The topological polar surface area (TPSA) is 119 Å². The highest BCUT2D eigenvalue weighted by Gasteiger charge is 2.73. The van der Waals surface area contributed by atoms with E-state index in [0.717, 1.165) is 7.11 Å². The molecule has 0 aromatic heterocycles. The molecule has 1 aromatic carbocycles. The van der Waals surface area contributed by atoms with Crippen LogP contribution in [0.25, 0.3) is 0 Å². The summed E-state index contributed by atoms with van der Waals surface area (Å²) in [5, 5.41) is 21.6. The van der Waals surface area contributed by atoms with Crippen LogP contribution in [0.4, 0.5) is 0 Å². The van der Waals surface area contributed by atoms with E-state index in [2.05, 4.69) is 4.74 Å². The molecule has 26 heavy (non-hydrogen) atoms. The molecule has 1 heterocycles. The first-order valence-corrected chi connectivity index (χ1v) is 8.14. The van der Waals surface area contributed by atoms with E-state index in [1.54, 1.807) is 6.92 Å². The van der Waals surface area contributed by atoms with E-state index < -0.39 is 40.9 Å². The molecule has 2 N–H and O–H groups in total. The number of methoxy groups -OCH3 is 2. The van der Waals surface area contributed by atoms with Gasteiger partial charge >= 0.3 is 11.9 Å². The molecule has 1 aromatic rings. The summed E-state index contributed by atoms with van der Waals surface area (Å²) in [6.07, 6.45) is -1.85. The summed E-state index contributed by atoms with van der Waals surface area (Å²) in [7, 11) is 2.33. The van der Waals surface area contributed by atoms with Crippen molar-refractivity contribution < 1.29 is 38.8 Å². The van der Waals surface area contributed by atoms with Gasteiger partial charge in [-0.05, 0) is 19.4 Å². The Morgan fingerprint density at radius 2 is 2.00 bits per heavy atom. The number of hydrogen-bond acceptors (Lipinski definition) is 8. The molecule has 1 spiro atoms. The monoisotopic (exact) mass is 364 g/mol. The second kappa shape index (κ2) is 6.07. The van der Waals surface area contributed by atoms with E-state index in [0.29, 0.717) is 0 Å². The lowest BCUT2D eigenvalue weighted by Crippen LogP contribution is -2.55. The fourth-order valence-corrected chi connectivity index (χ4v) is 4.23. The van der Waals surface area contributed by atoms with E-state index in [4.69, 9.17) is 9.47 Å². The zero-order valence-electron chi connectivity index (χ0n) is 14.6. The number of Topliss-reactive ketones (excluding diaryl/α,β-unsaturated/α-hetero) is 1. The molecule has 0 bridgehead atoms. The number of fused-ring (bicyclic) bond motifs is 1. The van der Waals surface area contributed by atoms with Gasteiger partial charge in [0.25, 0.3) is 0 Å². The van der Waals surface area contributed by atoms with E-state index >= 15 is 0 Å². The molecule has 8 heteroatoms. The SMILES string of the molecule is COC(=O)C[C@H]1C[C@]2(C(=O)c3c(O)cccc3[C@]2(O)C(=O)OC)[C@H](C)O1. The van der Waals surface area contributed by atoms with Crippen LogP contribution in [0.2, 0.25) is 0 Å². The van der Waals surface area contributed by atoms with Crippen molar-refractivity contribution in [1.29, 1.82) is 0 Å². The van der Waals surface area contributed by atoms with Crippen LogP contribution < -0.4 is 0 Å². The number of carbonyl (C=O) groups is 3. The van der Waals surface area contributed by atoms with Crippen LogP contribution >= 0.6 is 0 Å². The molecule has 140 valence electrons. The zero-order chi connectivity index (χ0) is 19.3. The van der Waals surface area contributed by atoms with Gasteiger partial charge in [-0.1, -0.05) is 12.1 Å². The van der Waals surface area contributed by atoms with Crippen LogP contribution in [-0.2, 0) is 29.4 Å². The molecule has 0 unspecified atom stereocenters. The third kappa shape index (κ3) is 2.12. The van der Waals surface area contributed by atoms with Gasteiger partial charge in [0.2, 0.25) is 5.60 Å². The Labute approximate surface area is 149 Å². The molecule has 1 aliphatic carbocycles. The molecular weight excluding hydrogens is 344 g/mol. The minimum atomic E-state index is -2.34. The number of phenols is 1. The number of aliphatic hydroxyl groups is 1. The quantitative estimate of drug-likeness (QED) is 0.752. The lowest BCUT2D eigenvalue weighted by molar-refractivity contribution is -0.179. The largest absolute Gasteiger partial charge is 0.507 e. The standard InChI is InChI=1S/C18H20O8/c1-9-17(8-10(26-9)7-13(20)24-2)15(21)14-11(5-4-6-12(14)19)18(17,23)16(22)25-3/h4-6,9-10,19,23H,7-8H2,1-3H3/t9-,10-,17+,18-/m0/s1. The van der Waals surface area contributed by atoms with Gasteiger partial charge in [0.1, 0.15) is 11.2 Å². The predicted molar refractivity (Wildman–Crippen MR) is 86.4 cm³/mol. The number of esters is 2. The molecule has 0 amide bonds. The van der Waals surface area contributed by atoms with Crippen molar-refractivity contribution in [2.45, 2.75) is 37.6 Å². The first-order valence-electron chi connectivity index (χ1n) is 8.14. The van der Waals surface area contributed by atoms with Crippen LogP contribution in [0, 0.1) is 5.41 Å². The van der Waals surface area contributed by atoms with Crippen LogP contribution in [0.3, 0.4) is 0 Å². The van der Waals surface area contributed by atoms with Gasteiger partial charge < -0.3 is 24.4 Å². The molecule has 0 radical (unpaired) electrons. The third-order valence-electron chi connectivity index (χ3n) is 5.45. The van der Waals surface area contributed by atoms with Gasteiger partial charge in [0, 0.05) is 5.56 Å². The number of aromatic hydroxyl groups is 1. The number of phenolic OH excluding ortho intramolecular Hbond substituents is 1. The van der Waals surface area contributed by atoms with E-state index in [1.807, 2.05) is 0 Å². The lowest BCUT2D eigenvalue weighted by Gasteiger charge is -2.37. The van der Waals surface area contributed by atoms with Gasteiger partial charge in [-0.2, -0.15) is 0 Å². The molecule has 1 aliphatic heterocycles. The van der Waals surface area contributed by atoms with Gasteiger partial charge in [0.15, 0.2) is 5.78 Å². The second-order valence-corrected chi connectivity index (χ2v) is 6.59. The Hall–Kier alpha value is -2.45. The van der Waals surface area contributed by atoms with Crippen LogP contribution in [-0.4, -0.2) is 54.4 Å². The lowest BCUT2D eigenvalue weighted by atomic mass is 9.66. The molecule has 4 atom stereocenters. The second-order valence-electron chi connectivity index (χ2n) is 6.59. The summed E-state index contributed by atoms with van der Waals surface area (Å²) in [6.45, 7) is 1.55. The van der Waals surface area contributed by atoms with Crippen molar-refractivity contribution in [3.8, 4) is 5.75 Å². The maximum Gasteiger partial charge on any atom is 0.343 e. The Kier molecular flexibility index (Phi) is 4.28. The maximum absolute atomic E-state index is 13.3. The van der Waals surface area contributed by atoms with E-state index in [9.17, 15) is 24.6 Å². The van der Waals surface area contributed by atoms with Gasteiger partial charge in [0.05, 0.1) is 38.4 Å². The van der Waals surface area contributed by atoms with Crippen molar-refractivity contribution >= 4 is 17.7 Å². The number of hydrogen-bond donors (Lipinski definition) is 2. The number of ketones is 1. The Morgan fingerprint density at radius 1 is 1.31 bits per heavy atom. The first-order chi connectivity index (χ1) is 12.2. The summed E-state index contributed by atoms with van der Waals surface area (Å²) in [5.74, 6) is -2.51. The fourth-order valence-electron chi connectivity index (χ4n) is 4.23. The molecule has 0 saturated carbocycles. The normalized spacial score (nSPS) is 32.5.